The van der Waals surface area contributed by atoms with E-state index in [2.05, 4.69) is 46.1 Å². The second-order valence-electron chi connectivity index (χ2n) is 9.90. The van der Waals surface area contributed by atoms with Gasteiger partial charge >= 0.3 is 0 Å². The number of aromatic nitrogens is 1. The van der Waals surface area contributed by atoms with E-state index in [1.165, 1.54) is 17.7 Å². The van der Waals surface area contributed by atoms with Crippen LogP contribution >= 0.6 is 0 Å². The van der Waals surface area contributed by atoms with Crippen molar-refractivity contribution in [2.75, 3.05) is 39.2 Å². The number of nitrogens with one attached hydrogen (secondary N) is 1. The second kappa shape index (κ2) is 10.3. The summed E-state index contributed by atoms with van der Waals surface area (Å²) in [6.45, 7) is 6.26. The van der Waals surface area contributed by atoms with E-state index < -0.39 is 0 Å². The van der Waals surface area contributed by atoms with E-state index in [-0.39, 0.29) is 5.78 Å². The SMILES string of the molecule is CCCCC(=O)c1cn(CCCN2CCC3c4cc(OC)ccc4NC3C2)c2ccc(OC)cc12. The minimum absolute atomic E-state index is 0.231. The number of piperidine rings is 1. The van der Waals surface area contributed by atoms with Crippen molar-refractivity contribution in [3.63, 3.8) is 0 Å². The topological polar surface area (TPSA) is 55.7 Å². The van der Waals surface area contributed by atoms with Gasteiger partial charge in [-0.1, -0.05) is 13.3 Å². The van der Waals surface area contributed by atoms with E-state index in [1.807, 2.05) is 18.2 Å². The van der Waals surface area contributed by atoms with Crippen LogP contribution in [0.15, 0.2) is 42.6 Å². The Hall–Kier alpha value is -2.99. The lowest BCUT2D eigenvalue weighted by atomic mass is 9.88. The first-order valence-corrected chi connectivity index (χ1v) is 13.0. The molecule has 6 heteroatoms. The highest BCUT2D eigenvalue weighted by Crippen LogP contribution is 2.42. The molecule has 2 aliphatic heterocycles. The number of likely N-dealkylation sites (tertiary alicyclic amines) is 1. The fraction of sp³-hybridized carbons (Fsp3) is 0.483. The number of ketones is 1. The summed E-state index contributed by atoms with van der Waals surface area (Å²) < 4.78 is 13.1. The van der Waals surface area contributed by atoms with Gasteiger partial charge in [0, 0.05) is 59.8 Å². The number of rotatable bonds is 10. The largest absolute Gasteiger partial charge is 0.497 e. The first-order chi connectivity index (χ1) is 17.1. The summed E-state index contributed by atoms with van der Waals surface area (Å²) in [7, 11) is 3.41. The molecule has 1 N–H and O–H groups in total. The molecular weight excluding hydrogens is 438 g/mol. The van der Waals surface area contributed by atoms with Gasteiger partial charge in [-0.2, -0.15) is 0 Å². The molecule has 0 aliphatic carbocycles. The zero-order valence-corrected chi connectivity index (χ0v) is 21.2. The maximum Gasteiger partial charge on any atom is 0.165 e. The maximum atomic E-state index is 12.9. The van der Waals surface area contributed by atoms with Gasteiger partial charge in [0.2, 0.25) is 0 Å². The number of ether oxygens (including phenoxy) is 2. The molecule has 0 radical (unpaired) electrons. The Morgan fingerprint density at radius 1 is 1.06 bits per heavy atom. The summed E-state index contributed by atoms with van der Waals surface area (Å²) in [5, 5.41) is 4.75. The second-order valence-corrected chi connectivity index (χ2v) is 9.90. The van der Waals surface area contributed by atoms with Crippen LogP contribution in [0.1, 0.15) is 60.9 Å². The van der Waals surface area contributed by atoms with Gasteiger partial charge in [0.05, 0.1) is 14.2 Å². The number of methoxy groups -OCH3 is 2. The number of anilines is 1. The van der Waals surface area contributed by atoms with Gasteiger partial charge < -0.3 is 24.3 Å². The number of hydrogen-bond acceptors (Lipinski definition) is 5. The van der Waals surface area contributed by atoms with E-state index in [9.17, 15) is 4.79 Å². The minimum Gasteiger partial charge on any atom is -0.497 e. The van der Waals surface area contributed by atoms with Crippen molar-refractivity contribution in [3.8, 4) is 11.5 Å². The Kier molecular flexibility index (Phi) is 7.00. The molecule has 0 bridgehead atoms. The predicted octanol–water partition coefficient (Wildman–Crippen LogP) is 5.71. The minimum atomic E-state index is 0.231. The lowest BCUT2D eigenvalue weighted by molar-refractivity contribution is 0.0981. The lowest BCUT2D eigenvalue weighted by Crippen LogP contribution is -2.44. The molecule has 5 rings (SSSR count). The van der Waals surface area contributed by atoms with Gasteiger partial charge in [0.1, 0.15) is 11.5 Å². The van der Waals surface area contributed by atoms with Crippen molar-refractivity contribution in [2.24, 2.45) is 0 Å². The van der Waals surface area contributed by atoms with Crippen LogP contribution in [0.2, 0.25) is 0 Å². The molecule has 1 aromatic heterocycles. The van der Waals surface area contributed by atoms with Crippen molar-refractivity contribution >= 4 is 22.4 Å². The summed E-state index contributed by atoms with van der Waals surface area (Å²) in [4.78, 5) is 15.5. The summed E-state index contributed by atoms with van der Waals surface area (Å²) in [6, 6.07) is 12.9. The molecule has 0 spiro atoms. The molecule has 35 heavy (non-hydrogen) atoms. The van der Waals surface area contributed by atoms with Gasteiger partial charge in [0.25, 0.3) is 0 Å². The molecule has 2 unspecified atom stereocenters. The number of Topliss-reactive ketones (excluding diaryl/α,β-unsaturated/α-hetero) is 1. The van der Waals surface area contributed by atoms with E-state index in [1.54, 1.807) is 14.2 Å². The molecular formula is C29H37N3O3. The Labute approximate surface area is 208 Å². The average molecular weight is 476 g/mol. The molecule has 2 aromatic carbocycles. The van der Waals surface area contributed by atoms with E-state index in [0.29, 0.717) is 18.4 Å². The maximum absolute atomic E-state index is 12.9. The first-order valence-electron chi connectivity index (χ1n) is 13.0. The van der Waals surface area contributed by atoms with Crippen LogP contribution in [-0.4, -0.2) is 55.1 Å². The molecule has 1 saturated heterocycles. The fourth-order valence-electron chi connectivity index (χ4n) is 5.79. The van der Waals surface area contributed by atoms with Crippen LogP contribution in [0.5, 0.6) is 11.5 Å². The number of nitrogens with zero attached hydrogens (tertiary/aromatic N) is 2. The fourth-order valence-corrected chi connectivity index (χ4v) is 5.79. The van der Waals surface area contributed by atoms with Gasteiger partial charge in [-0.05, 0) is 74.3 Å². The molecule has 3 heterocycles. The van der Waals surface area contributed by atoms with Gasteiger partial charge in [0.15, 0.2) is 5.78 Å². The number of fused-ring (bicyclic) bond motifs is 4. The summed E-state index contributed by atoms with van der Waals surface area (Å²) in [5.74, 6) is 2.54. The van der Waals surface area contributed by atoms with E-state index in [4.69, 9.17) is 9.47 Å². The third-order valence-corrected chi connectivity index (χ3v) is 7.72. The molecule has 6 nitrogen and oxygen atoms in total. The molecule has 3 aromatic rings. The van der Waals surface area contributed by atoms with Crippen LogP contribution in [-0.2, 0) is 6.54 Å². The normalized spacial score (nSPS) is 19.3. The lowest BCUT2D eigenvalue weighted by Gasteiger charge is -2.35. The van der Waals surface area contributed by atoms with Crippen molar-refractivity contribution in [1.82, 2.24) is 9.47 Å². The highest BCUT2D eigenvalue weighted by atomic mass is 16.5. The van der Waals surface area contributed by atoms with Crippen LogP contribution in [0, 0.1) is 0 Å². The van der Waals surface area contributed by atoms with Gasteiger partial charge in [-0.25, -0.2) is 0 Å². The molecule has 0 saturated carbocycles. The van der Waals surface area contributed by atoms with E-state index in [0.717, 1.165) is 73.4 Å². The number of unbranched alkanes of at least 4 members (excludes halogenated alkanes) is 1. The van der Waals surface area contributed by atoms with Crippen LogP contribution < -0.4 is 14.8 Å². The molecule has 1 fully saturated rings. The van der Waals surface area contributed by atoms with Crippen molar-refractivity contribution in [1.29, 1.82) is 0 Å². The summed E-state index contributed by atoms with van der Waals surface area (Å²) in [6.07, 6.45) is 6.84. The smallest absolute Gasteiger partial charge is 0.165 e. The highest BCUT2D eigenvalue weighted by molar-refractivity contribution is 6.08. The number of benzene rings is 2. The molecule has 186 valence electrons. The molecule has 2 aliphatic rings. The Bertz CT molecular complexity index is 1200. The standard InChI is InChI=1S/C29H37N3O3/c1-4-5-7-29(33)25-18-32(28-11-9-21(35-3)17-24(25)28)14-6-13-31-15-12-22-23-16-20(34-2)8-10-26(23)30-27(22)19-31/h8-11,16-18,22,27,30H,4-7,12-15,19H2,1-3H3. The monoisotopic (exact) mass is 475 g/mol. The van der Waals surface area contributed by atoms with Gasteiger partial charge in [-0.3, -0.25) is 4.79 Å². The van der Waals surface area contributed by atoms with Crippen LogP contribution in [0.25, 0.3) is 10.9 Å². The predicted molar refractivity (Wildman–Crippen MR) is 141 cm³/mol. The average Bonchev–Trinajstić information content (AvgIpc) is 3.44. The summed E-state index contributed by atoms with van der Waals surface area (Å²) in [5.41, 5.74) is 4.61. The van der Waals surface area contributed by atoms with E-state index >= 15 is 0 Å². The quantitative estimate of drug-likeness (QED) is 0.381. The highest BCUT2D eigenvalue weighted by Gasteiger charge is 2.36. The number of hydrogen-bond donors (Lipinski definition) is 1. The van der Waals surface area contributed by atoms with Gasteiger partial charge in [-0.15, -0.1) is 0 Å². The number of carbonyl (C=O) groups excluding carboxylic acids is 1. The van der Waals surface area contributed by atoms with Crippen molar-refractivity contribution < 1.29 is 14.3 Å². The third-order valence-electron chi connectivity index (χ3n) is 7.72. The third kappa shape index (κ3) is 4.76. The molecule has 0 amide bonds. The Balaban J connectivity index is 1.23. The zero-order valence-electron chi connectivity index (χ0n) is 21.2. The van der Waals surface area contributed by atoms with Crippen LogP contribution in [0.4, 0.5) is 5.69 Å². The zero-order chi connectivity index (χ0) is 24.4. The first kappa shape index (κ1) is 23.7. The number of carbonyl (C=O) groups is 1. The number of aryl methyl sites for hydroxylation is 1. The molecule has 2 atom stereocenters. The van der Waals surface area contributed by atoms with Crippen molar-refractivity contribution in [3.05, 3.63) is 53.7 Å². The Morgan fingerprint density at radius 3 is 2.66 bits per heavy atom. The Morgan fingerprint density at radius 2 is 1.86 bits per heavy atom. The van der Waals surface area contributed by atoms with Crippen LogP contribution in [0.3, 0.4) is 0 Å². The summed E-state index contributed by atoms with van der Waals surface area (Å²) >= 11 is 0. The van der Waals surface area contributed by atoms with Crippen molar-refractivity contribution in [2.45, 2.75) is 57.5 Å².